The van der Waals surface area contributed by atoms with Crippen LogP contribution in [0.2, 0.25) is 0 Å². The molecule has 1 unspecified atom stereocenters. The molecule has 2 aromatic carbocycles. The van der Waals surface area contributed by atoms with Crippen LogP contribution in [0.25, 0.3) is 11.4 Å². The number of aromatic nitrogens is 3. The fraction of sp³-hybridized carbons (Fsp3) is 0.360. The number of carbonyl (C=O) groups is 2. The number of amides is 1. The average Bonchev–Trinajstić information content (AvgIpc) is 3.54. The molecule has 1 N–H and O–H groups in total. The smallest absolute Gasteiger partial charge is 0.338 e. The normalized spacial score (nSPS) is 15.1. The molecule has 0 bridgehead atoms. The SMILES string of the molecule is CCOC(=O)c1ccc(NC(=O)CSc2nnc(-c3ccc(OC)cc3)n2CC2CCCO2)cc1. The van der Waals surface area contributed by atoms with Crippen molar-refractivity contribution in [3.05, 3.63) is 54.1 Å². The largest absolute Gasteiger partial charge is 0.497 e. The second kappa shape index (κ2) is 11.9. The molecular formula is C25H28N4O5S. The van der Waals surface area contributed by atoms with Crippen LogP contribution in [-0.4, -0.2) is 58.8 Å². The number of anilines is 1. The van der Waals surface area contributed by atoms with Gasteiger partial charge in [-0.15, -0.1) is 10.2 Å². The molecule has 1 fully saturated rings. The molecule has 1 amide bonds. The molecule has 2 heterocycles. The Morgan fingerprint density at radius 1 is 1.14 bits per heavy atom. The first-order chi connectivity index (χ1) is 17.1. The quantitative estimate of drug-likeness (QED) is 0.331. The summed E-state index contributed by atoms with van der Waals surface area (Å²) in [6.45, 7) is 3.44. The predicted molar refractivity (Wildman–Crippen MR) is 133 cm³/mol. The van der Waals surface area contributed by atoms with Gasteiger partial charge in [-0.2, -0.15) is 0 Å². The number of hydrogen-bond donors (Lipinski definition) is 1. The van der Waals surface area contributed by atoms with Crippen molar-refractivity contribution in [2.24, 2.45) is 0 Å². The molecule has 184 valence electrons. The van der Waals surface area contributed by atoms with Crippen LogP contribution in [0.1, 0.15) is 30.1 Å². The van der Waals surface area contributed by atoms with Gasteiger partial charge in [-0.1, -0.05) is 11.8 Å². The van der Waals surface area contributed by atoms with E-state index in [1.54, 1.807) is 38.3 Å². The van der Waals surface area contributed by atoms with Crippen LogP contribution in [0.15, 0.2) is 53.7 Å². The first-order valence-corrected chi connectivity index (χ1v) is 12.4. The van der Waals surface area contributed by atoms with E-state index in [2.05, 4.69) is 15.5 Å². The van der Waals surface area contributed by atoms with Crippen molar-refractivity contribution in [3.8, 4) is 17.1 Å². The van der Waals surface area contributed by atoms with E-state index >= 15 is 0 Å². The van der Waals surface area contributed by atoms with Crippen molar-refractivity contribution >= 4 is 29.3 Å². The van der Waals surface area contributed by atoms with E-state index in [0.717, 1.165) is 36.6 Å². The van der Waals surface area contributed by atoms with Crippen LogP contribution in [0.3, 0.4) is 0 Å². The number of ether oxygens (including phenoxy) is 3. The summed E-state index contributed by atoms with van der Waals surface area (Å²) in [5.41, 5.74) is 1.95. The van der Waals surface area contributed by atoms with Crippen LogP contribution in [0.4, 0.5) is 5.69 Å². The Hall–Kier alpha value is -3.37. The molecule has 10 heteroatoms. The molecule has 1 aliphatic rings. The molecule has 1 atom stereocenters. The van der Waals surface area contributed by atoms with Crippen molar-refractivity contribution in [1.29, 1.82) is 0 Å². The van der Waals surface area contributed by atoms with Gasteiger partial charge in [-0.05, 0) is 68.3 Å². The van der Waals surface area contributed by atoms with Crippen molar-refractivity contribution in [2.75, 3.05) is 31.4 Å². The van der Waals surface area contributed by atoms with E-state index in [-0.39, 0.29) is 23.7 Å². The van der Waals surface area contributed by atoms with E-state index < -0.39 is 0 Å². The Balaban J connectivity index is 1.43. The lowest BCUT2D eigenvalue weighted by Gasteiger charge is -2.15. The summed E-state index contributed by atoms with van der Waals surface area (Å²) in [6, 6.07) is 14.3. The van der Waals surface area contributed by atoms with Crippen LogP contribution in [0, 0.1) is 0 Å². The van der Waals surface area contributed by atoms with Gasteiger partial charge in [0.25, 0.3) is 0 Å². The molecule has 9 nitrogen and oxygen atoms in total. The number of carbonyl (C=O) groups excluding carboxylic acids is 2. The number of rotatable bonds is 10. The average molecular weight is 497 g/mol. The molecule has 0 aliphatic carbocycles. The Morgan fingerprint density at radius 3 is 2.57 bits per heavy atom. The second-order valence-electron chi connectivity index (χ2n) is 7.91. The van der Waals surface area contributed by atoms with Gasteiger partial charge < -0.3 is 19.5 Å². The van der Waals surface area contributed by atoms with Gasteiger partial charge in [-0.25, -0.2) is 4.79 Å². The number of hydrogen-bond acceptors (Lipinski definition) is 8. The summed E-state index contributed by atoms with van der Waals surface area (Å²) in [5.74, 6) is 1.07. The Bertz CT molecular complexity index is 1140. The highest BCUT2D eigenvalue weighted by atomic mass is 32.2. The predicted octanol–water partition coefficient (Wildman–Crippen LogP) is 4.04. The Morgan fingerprint density at radius 2 is 1.91 bits per heavy atom. The maximum Gasteiger partial charge on any atom is 0.338 e. The highest BCUT2D eigenvalue weighted by molar-refractivity contribution is 7.99. The third kappa shape index (κ3) is 6.40. The zero-order valence-corrected chi connectivity index (χ0v) is 20.5. The molecule has 0 saturated carbocycles. The minimum atomic E-state index is -0.390. The van der Waals surface area contributed by atoms with Crippen LogP contribution >= 0.6 is 11.8 Å². The maximum atomic E-state index is 12.6. The zero-order valence-electron chi connectivity index (χ0n) is 19.7. The van der Waals surface area contributed by atoms with Gasteiger partial charge in [-0.3, -0.25) is 9.36 Å². The lowest BCUT2D eigenvalue weighted by atomic mass is 10.2. The summed E-state index contributed by atoms with van der Waals surface area (Å²) in [6.07, 6.45) is 2.10. The topological polar surface area (TPSA) is 105 Å². The molecule has 1 aromatic heterocycles. The molecule has 1 saturated heterocycles. The summed E-state index contributed by atoms with van der Waals surface area (Å²) in [7, 11) is 1.63. The highest BCUT2D eigenvalue weighted by Crippen LogP contribution is 2.28. The number of nitrogens with zero attached hydrogens (tertiary/aromatic N) is 3. The molecular weight excluding hydrogens is 468 g/mol. The summed E-state index contributed by atoms with van der Waals surface area (Å²) in [5, 5.41) is 12.3. The number of esters is 1. The van der Waals surface area contributed by atoms with Gasteiger partial charge in [0, 0.05) is 17.9 Å². The lowest BCUT2D eigenvalue weighted by Crippen LogP contribution is -2.18. The van der Waals surface area contributed by atoms with Crippen molar-refractivity contribution in [3.63, 3.8) is 0 Å². The molecule has 0 spiro atoms. The van der Waals surface area contributed by atoms with Gasteiger partial charge in [0.2, 0.25) is 5.91 Å². The number of methoxy groups -OCH3 is 1. The minimum Gasteiger partial charge on any atom is -0.497 e. The third-order valence-electron chi connectivity index (χ3n) is 5.49. The molecule has 0 radical (unpaired) electrons. The van der Waals surface area contributed by atoms with Gasteiger partial charge in [0.1, 0.15) is 5.75 Å². The Kier molecular flexibility index (Phi) is 8.38. The van der Waals surface area contributed by atoms with Crippen molar-refractivity contribution in [1.82, 2.24) is 14.8 Å². The zero-order chi connectivity index (χ0) is 24.6. The fourth-order valence-corrected chi connectivity index (χ4v) is 4.48. The van der Waals surface area contributed by atoms with Crippen LogP contribution in [-0.2, 0) is 20.8 Å². The highest BCUT2D eigenvalue weighted by Gasteiger charge is 2.22. The number of thioether (sulfide) groups is 1. The summed E-state index contributed by atoms with van der Waals surface area (Å²) >= 11 is 1.32. The van der Waals surface area contributed by atoms with Crippen molar-refractivity contribution in [2.45, 2.75) is 37.6 Å². The molecule has 3 aromatic rings. The van der Waals surface area contributed by atoms with E-state index in [1.807, 2.05) is 28.8 Å². The van der Waals surface area contributed by atoms with Crippen LogP contribution < -0.4 is 10.1 Å². The van der Waals surface area contributed by atoms with E-state index in [0.29, 0.717) is 29.6 Å². The minimum absolute atomic E-state index is 0.0917. The lowest BCUT2D eigenvalue weighted by molar-refractivity contribution is -0.113. The third-order valence-corrected chi connectivity index (χ3v) is 6.45. The summed E-state index contributed by atoms with van der Waals surface area (Å²) in [4.78, 5) is 24.4. The first kappa shape index (κ1) is 24.7. The van der Waals surface area contributed by atoms with Gasteiger partial charge >= 0.3 is 5.97 Å². The number of benzene rings is 2. The standard InChI is InChI=1S/C25H28N4O5S/c1-3-33-24(31)18-6-10-19(11-7-18)26-22(30)16-35-25-28-27-23(17-8-12-20(32-2)13-9-17)29(25)15-21-5-4-14-34-21/h6-13,21H,3-5,14-16H2,1-2H3,(H,26,30). The monoisotopic (exact) mass is 496 g/mol. The van der Waals surface area contributed by atoms with Crippen molar-refractivity contribution < 1.29 is 23.8 Å². The molecule has 4 rings (SSSR count). The fourth-order valence-electron chi connectivity index (χ4n) is 3.74. The maximum absolute atomic E-state index is 12.6. The van der Waals surface area contributed by atoms with E-state index in [9.17, 15) is 9.59 Å². The Labute approximate surface area is 208 Å². The first-order valence-electron chi connectivity index (χ1n) is 11.5. The molecule has 1 aliphatic heterocycles. The van der Waals surface area contributed by atoms with E-state index in [4.69, 9.17) is 14.2 Å². The summed E-state index contributed by atoms with van der Waals surface area (Å²) < 4.78 is 18.1. The van der Waals surface area contributed by atoms with Gasteiger partial charge in [0.05, 0.1) is 37.7 Å². The number of nitrogens with one attached hydrogen (secondary N) is 1. The second-order valence-corrected chi connectivity index (χ2v) is 8.86. The van der Waals surface area contributed by atoms with E-state index in [1.165, 1.54) is 11.8 Å². The van der Waals surface area contributed by atoms with Crippen LogP contribution in [0.5, 0.6) is 5.75 Å². The van der Waals surface area contributed by atoms with Gasteiger partial charge in [0.15, 0.2) is 11.0 Å². The molecule has 35 heavy (non-hydrogen) atoms.